The molecule has 0 fully saturated rings. The van der Waals surface area contributed by atoms with E-state index in [2.05, 4.69) is 159 Å². The zero-order valence-electron chi connectivity index (χ0n) is 24.3. The van der Waals surface area contributed by atoms with Gasteiger partial charge in [-0.2, -0.15) is 0 Å². The molecule has 0 N–H and O–H groups in total. The zero-order chi connectivity index (χ0) is 28.1. The van der Waals surface area contributed by atoms with Gasteiger partial charge in [-0.25, -0.2) is 0 Å². The van der Waals surface area contributed by atoms with Crippen LogP contribution in [-0.2, 0) is 0 Å². The molecule has 2 unspecified atom stereocenters. The number of rotatable bonds is 5. The van der Waals surface area contributed by atoms with E-state index in [9.17, 15) is 0 Å². The van der Waals surface area contributed by atoms with Gasteiger partial charge in [0.1, 0.15) is 0 Å². The minimum Gasteiger partial charge on any atom is -0.333 e. The van der Waals surface area contributed by atoms with Crippen LogP contribution in [-0.4, -0.2) is 10.6 Å². The fourth-order valence-electron chi connectivity index (χ4n) is 6.91. The average Bonchev–Trinajstić information content (AvgIpc) is 3.48. The van der Waals surface area contributed by atoms with Gasteiger partial charge in [0.15, 0.2) is 0 Å². The summed E-state index contributed by atoms with van der Waals surface area (Å²) in [4.78, 5) is 2.51. The number of anilines is 2. The predicted molar refractivity (Wildman–Crippen MR) is 176 cm³/mol. The molecule has 1 aromatic heterocycles. The van der Waals surface area contributed by atoms with E-state index in [-0.39, 0.29) is 0 Å². The first-order valence-electron chi connectivity index (χ1n) is 14.8. The van der Waals surface area contributed by atoms with Crippen molar-refractivity contribution in [3.05, 3.63) is 143 Å². The monoisotopic (exact) mass is 532 g/mol. The van der Waals surface area contributed by atoms with E-state index in [1.807, 2.05) is 0 Å². The number of aromatic nitrogens is 1. The highest BCUT2D eigenvalue weighted by Crippen LogP contribution is 2.48. The molecule has 0 spiro atoms. The van der Waals surface area contributed by atoms with Crippen LogP contribution in [0.4, 0.5) is 11.4 Å². The molecule has 0 amide bonds. The van der Waals surface area contributed by atoms with Gasteiger partial charge in [0.05, 0.1) is 11.6 Å². The Balaban J connectivity index is 1.28. The summed E-state index contributed by atoms with van der Waals surface area (Å²) < 4.78 is 2.41. The van der Waals surface area contributed by atoms with Crippen LogP contribution in [0.25, 0.3) is 33.8 Å². The summed E-state index contributed by atoms with van der Waals surface area (Å²) in [6, 6.07) is 31.8. The molecule has 0 bridgehead atoms. The van der Waals surface area contributed by atoms with Gasteiger partial charge in [-0.1, -0.05) is 85.8 Å². The highest BCUT2D eigenvalue weighted by molar-refractivity contribution is 5.90. The first kappa shape index (κ1) is 25.4. The summed E-state index contributed by atoms with van der Waals surface area (Å²) in [6.45, 7) is 8.92. The van der Waals surface area contributed by atoms with Crippen LogP contribution in [0.3, 0.4) is 0 Å². The van der Waals surface area contributed by atoms with Crippen LogP contribution in [0.1, 0.15) is 47.2 Å². The summed E-state index contributed by atoms with van der Waals surface area (Å²) in [5, 5.41) is 1.31. The Bertz CT molecular complexity index is 1880. The number of nitrogens with zero attached hydrogens (tertiary/aromatic N) is 2. The van der Waals surface area contributed by atoms with Crippen LogP contribution in [0.15, 0.2) is 115 Å². The number of benzene rings is 4. The molecule has 2 atom stereocenters. The maximum Gasteiger partial charge on any atom is 0.0629 e. The van der Waals surface area contributed by atoms with Crippen molar-refractivity contribution in [2.75, 3.05) is 4.90 Å². The van der Waals surface area contributed by atoms with Crippen molar-refractivity contribution in [2.24, 2.45) is 0 Å². The van der Waals surface area contributed by atoms with Gasteiger partial charge >= 0.3 is 0 Å². The highest BCUT2D eigenvalue weighted by atomic mass is 15.2. The van der Waals surface area contributed by atoms with E-state index in [1.165, 1.54) is 67.0 Å². The second-order valence-electron chi connectivity index (χ2n) is 11.4. The van der Waals surface area contributed by atoms with Crippen LogP contribution in [0, 0.1) is 20.8 Å². The number of para-hydroxylation sites is 2. The minimum atomic E-state index is 0.319. The molecule has 202 valence electrons. The Morgan fingerprint density at radius 3 is 2.20 bits per heavy atom. The second kappa shape index (κ2) is 10.1. The van der Waals surface area contributed by atoms with Crippen molar-refractivity contribution < 1.29 is 0 Å². The fraction of sp³-hybridized carbons (Fsp3) is 0.179. The zero-order valence-corrected chi connectivity index (χ0v) is 24.3. The summed E-state index contributed by atoms with van der Waals surface area (Å²) in [7, 11) is 0. The molecule has 1 aliphatic carbocycles. The van der Waals surface area contributed by atoms with E-state index < -0.39 is 0 Å². The van der Waals surface area contributed by atoms with E-state index in [1.54, 1.807) is 0 Å². The third kappa shape index (κ3) is 4.09. The van der Waals surface area contributed by atoms with Crippen LogP contribution in [0.5, 0.6) is 0 Å². The van der Waals surface area contributed by atoms with Crippen LogP contribution < -0.4 is 4.90 Å². The molecule has 2 aliphatic rings. The number of hydrogen-bond acceptors (Lipinski definition) is 1. The molecule has 4 aromatic carbocycles. The molecular formula is C39H36N2. The van der Waals surface area contributed by atoms with Crippen molar-refractivity contribution in [3.8, 4) is 16.8 Å². The predicted octanol–water partition coefficient (Wildman–Crippen LogP) is 10.4. The lowest BCUT2D eigenvalue weighted by Crippen LogP contribution is -2.28. The number of fused-ring (bicyclic) bond motifs is 4. The van der Waals surface area contributed by atoms with Gasteiger partial charge in [-0.15, -0.1) is 0 Å². The van der Waals surface area contributed by atoms with E-state index >= 15 is 0 Å². The molecule has 1 aliphatic heterocycles. The minimum absolute atomic E-state index is 0.319. The maximum atomic E-state index is 2.51. The first-order valence-corrected chi connectivity index (χ1v) is 14.8. The highest BCUT2D eigenvalue weighted by Gasteiger charge is 2.37. The molecule has 41 heavy (non-hydrogen) atoms. The summed E-state index contributed by atoms with van der Waals surface area (Å²) >= 11 is 0. The van der Waals surface area contributed by atoms with Gasteiger partial charge in [-0.3, -0.25) is 0 Å². The smallest absolute Gasteiger partial charge is 0.0629 e. The summed E-state index contributed by atoms with van der Waals surface area (Å²) in [5.41, 5.74) is 14.2. The van der Waals surface area contributed by atoms with Crippen molar-refractivity contribution in [1.29, 1.82) is 0 Å². The van der Waals surface area contributed by atoms with Gasteiger partial charge in [0, 0.05) is 34.1 Å². The number of allylic oxidation sites excluding steroid dienone is 3. The van der Waals surface area contributed by atoms with Crippen LogP contribution >= 0.6 is 0 Å². The van der Waals surface area contributed by atoms with Gasteiger partial charge < -0.3 is 9.47 Å². The fourth-order valence-corrected chi connectivity index (χ4v) is 6.91. The van der Waals surface area contributed by atoms with Crippen molar-refractivity contribution >= 4 is 28.4 Å². The lowest BCUT2D eigenvalue weighted by atomic mass is 9.91. The van der Waals surface area contributed by atoms with Gasteiger partial charge in [-0.05, 0) is 103 Å². The molecular weight excluding hydrogens is 496 g/mol. The average molecular weight is 533 g/mol. The Labute approximate surface area is 243 Å². The normalized spacial score (nSPS) is 17.5. The number of aryl methyl sites for hydroxylation is 3. The molecule has 2 nitrogen and oxygen atoms in total. The van der Waals surface area contributed by atoms with Crippen molar-refractivity contribution in [3.63, 3.8) is 0 Å². The van der Waals surface area contributed by atoms with Crippen LogP contribution in [0.2, 0.25) is 0 Å². The van der Waals surface area contributed by atoms with Crippen molar-refractivity contribution in [1.82, 2.24) is 4.57 Å². The molecule has 0 saturated carbocycles. The van der Waals surface area contributed by atoms with E-state index in [0.717, 1.165) is 6.42 Å². The largest absolute Gasteiger partial charge is 0.333 e. The van der Waals surface area contributed by atoms with Crippen molar-refractivity contribution in [2.45, 2.75) is 46.1 Å². The Hall–Kier alpha value is -4.56. The maximum absolute atomic E-state index is 2.51. The molecule has 2 heteroatoms. The van der Waals surface area contributed by atoms with Gasteiger partial charge in [0.2, 0.25) is 0 Å². The first-order chi connectivity index (χ1) is 20.1. The number of hydrogen-bond donors (Lipinski definition) is 0. The Morgan fingerprint density at radius 2 is 1.41 bits per heavy atom. The Morgan fingerprint density at radius 1 is 0.732 bits per heavy atom. The quantitative estimate of drug-likeness (QED) is 0.219. The topological polar surface area (TPSA) is 8.17 Å². The lowest BCUT2D eigenvalue weighted by molar-refractivity contribution is 0.744. The van der Waals surface area contributed by atoms with E-state index in [0.29, 0.717) is 12.0 Å². The third-order valence-electron chi connectivity index (χ3n) is 8.89. The summed E-state index contributed by atoms with van der Waals surface area (Å²) in [5.74, 6) is 0.399. The standard InChI is InChI=1S/C39H36N2/c1-5-6-16-36-28(4)33-13-7-10-17-37(33)40(36)29-20-22-31(26(2)24-29)32-23-21-30(25-27(32)3)41-38-18-11-8-14-34(38)35-15-9-12-19-39(35)41/h6-25,34,38H,5H2,1-4H3/b16-6-. The van der Waals surface area contributed by atoms with E-state index in [4.69, 9.17) is 0 Å². The molecule has 0 saturated heterocycles. The Kier molecular flexibility index (Phi) is 6.27. The molecule has 2 heterocycles. The summed E-state index contributed by atoms with van der Waals surface area (Å²) in [6.07, 6.45) is 14.6. The molecule has 0 radical (unpaired) electrons. The molecule has 7 rings (SSSR count). The lowest BCUT2D eigenvalue weighted by Gasteiger charge is -2.29. The molecule has 5 aromatic rings. The SMILES string of the molecule is CC/C=C\c1c(C)c2ccccc2n1-c1ccc(-c2ccc(N3c4ccccc4C4C=CC=CC43)cc2C)c(C)c1. The second-order valence-corrected chi connectivity index (χ2v) is 11.4. The third-order valence-corrected chi connectivity index (χ3v) is 8.89. The van der Waals surface area contributed by atoms with Gasteiger partial charge in [0.25, 0.3) is 0 Å².